The molecule has 4 N–H and O–H groups in total. The molecule has 1 aliphatic rings. The number of hydrogen-bond acceptors (Lipinski definition) is 6. The molecule has 0 fully saturated rings. The van der Waals surface area contributed by atoms with Gasteiger partial charge in [-0.05, 0) is 12.1 Å². The molecule has 4 rings (SSSR count). The van der Waals surface area contributed by atoms with Crippen molar-refractivity contribution >= 4 is 5.82 Å². The summed E-state index contributed by atoms with van der Waals surface area (Å²) in [7, 11) is 1.62. The van der Waals surface area contributed by atoms with Gasteiger partial charge in [0.2, 0.25) is 12.1 Å². The van der Waals surface area contributed by atoms with Gasteiger partial charge >= 0.3 is 5.88 Å². The van der Waals surface area contributed by atoms with Crippen LogP contribution in [0.2, 0.25) is 0 Å². The van der Waals surface area contributed by atoms with Gasteiger partial charge in [0.1, 0.15) is 22.8 Å². The molecule has 0 bridgehead atoms. The van der Waals surface area contributed by atoms with Crippen LogP contribution in [0, 0.1) is 0 Å². The van der Waals surface area contributed by atoms with Gasteiger partial charge in [-0.3, -0.25) is 0 Å². The van der Waals surface area contributed by atoms with E-state index in [0.717, 1.165) is 11.1 Å². The minimum Gasteiger partial charge on any atom is -0.508 e. The van der Waals surface area contributed by atoms with Gasteiger partial charge in [-0.2, -0.15) is 0 Å². The largest absolute Gasteiger partial charge is 0.508 e. The molecule has 1 aliphatic heterocycles. The number of para-hydroxylation sites is 1. The van der Waals surface area contributed by atoms with E-state index in [1.54, 1.807) is 23.8 Å². The van der Waals surface area contributed by atoms with Gasteiger partial charge in [-0.25, -0.2) is 4.57 Å². The van der Waals surface area contributed by atoms with Crippen molar-refractivity contribution in [3.63, 3.8) is 0 Å². The molecular formula is C20H20N3O4+. The van der Waals surface area contributed by atoms with E-state index in [-0.39, 0.29) is 18.3 Å². The molecule has 7 heteroatoms. The molecule has 1 atom stereocenters. The van der Waals surface area contributed by atoms with Gasteiger partial charge < -0.3 is 25.4 Å². The lowest BCUT2D eigenvalue weighted by Crippen LogP contribution is -2.41. The van der Waals surface area contributed by atoms with Gasteiger partial charge in [0.25, 0.3) is 0 Å². The van der Waals surface area contributed by atoms with Crippen LogP contribution in [-0.4, -0.2) is 28.9 Å². The Labute approximate surface area is 156 Å². The minimum absolute atomic E-state index is 0.0556. The van der Waals surface area contributed by atoms with Crippen molar-refractivity contribution in [2.75, 3.05) is 19.5 Å². The second kappa shape index (κ2) is 6.77. The normalized spacial score (nSPS) is 14.8. The van der Waals surface area contributed by atoms with Gasteiger partial charge in [0.05, 0.1) is 26.2 Å². The minimum atomic E-state index is -0.292. The molecule has 27 heavy (non-hydrogen) atoms. The SMILES string of the molecule is COc1ccccc1[C@@H]1c2ccc(O)cc2Oc2nc[n+](CCO)c(N)c21. The van der Waals surface area contributed by atoms with E-state index in [4.69, 9.17) is 15.2 Å². The number of anilines is 1. The monoisotopic (exact) mass is 366 g/mol. The van der Waals surface area contributed by atoms with E-state index in [1.165, 1.54) is 6.33 Å². The predicted molar refractivity (Wildman–Crippen MR) is 98.1 cm³/mol. The number of methoxy groups -OCH3 is 1. The highest BCUT2D eigenvalue weighted by Gasteiger charge is 2.37. The van der Waals surface area contributed by atoms with E-state index in [9.17, 15) is 10.2 Å². The molecule has 1 aromatic heterocycles. The van der Waals surface area contributed by atoms with Crippen molar-refractivity contribution in [3.05, 3.63) is 65.5 Å². The van der Waals surface area contributed by atoms with Gasteiger partial charge in [0, 0.05) is 17.2 Å². The number of rotatable bonds is 4. The summed E-state index contributed by atoms with van der Waals surface area (Å²) in [6, 6.07) is 12.7. The first-order chi connectivity index (χ1) is 13.1. The fourth-order valence-corrected chi connectivity index (χ4v) is 3.49. The maximum Gasteiger partial charge on any atom is 0.306 e. The zero-order valence-electron chi connectivity index (χ0n) is 14.8. The lowest BCUT2D eigenvalue weighted by molar-refractivity contribution is -0.687. The Balaban J connectivity index is 2.00. The quantitative estimate of drug-likeness (QED) is 0.477. The number of aliphatic hydroxyl groups is 1. The van der Waals surface area contributed by atoms with Gasteiger partial charge in [0.15, 0.2) is 0 Å². The average Bonchev–Trinajstić information content (AvgIpc) is 2.68. The summed E-state index contributed by atoms with van der Waals surface area (Å²) < 4.78 is 13.2. The van der Waals surface area contributed by atoms with Crippen molar-refractivity contribution < 1.29 is 24.3 Å². The van der Waals surface area contributed by atoms with E-state index < -0.39 is 0 Å². The highest BCUT2D eigenvalue weighted by molar-refractivity contribution is 5.63. The number of nitrogens with two attached hydrogens (primary N) is 1. The van der Waals surface area contributed by atoms with Crippen LogP contribution in [0.5, 0.6) is 23.1 Å². The van der Waals surface area contributed by atoms with Crippen LogP contribution in [-0.2, 0) is 6.54 Å². The number of fused-ring (bicyclic) bond motifs is 2. The molecule has 3 aromatic rings. The fourth-order valence-electron chi connectivity index (χ4n) is 3.49. The number of phenolic OH excluding ortho intramolecular Hbond substituents is 1. The Hall–Kier alpha value is -3.32. The summed E-state index contributed by atoms with van der Waals surface area (Å²) in [6.07, 6.45) is 1.54. The maximum absolute atomic E-state index is 9.88. The second-order valence-corrected chi connectivity index (χ2v) is 6.26. The topological polar surface area (TPSA) is 102 Å². The number of ether oxygens (including phenoxy) is 2. The van der Waals surface area contributed by atoms with Crippen LogP contribution in [0.3, 0.4) is 0 Å². The summed E-state index contributed by atoms with van der Waals surface area (Å²) in [5, 5.41) is 19.2. The van der Waals surface area contributed by atoms with Crippen LogP contribution in [0.1, 0.15) is 22.6 Å². The van der Waals surface area contributed by atoms with Crippen molar-refractivity contribution in [3.8, 4) is 23.1 Å². The Bertz CT molecular complexity index is 1010. The van der Waals surface area contributed by atoms with Gasteiger partial charge in [-0.15, -0.1) is 0 Å². The number of nitrogens with zero attached hydrogens (tertiary/aromatic N) is 2. The lowest BCUT2D eigenvalue weighted by Gasteiger charge is -2.28. The third-order valence-corrected chi connectivity index (χ3v) is 4.72. The number of benzene rings is 2. The molecule has 0 radical (unpaired) electrons. The molecule has 0 saturated carbocycles. The lowest BCUT2D eigenvalue weighted by atomic mass is 9.83. The zero-order chi connectivity index (χ0) is 19.0. The number of aromatic nitrogens is 2. The van der Waals surface area contributed by atoms with Crippen molar-refractivity contribution in [1.82, 2.24) is 4.98 Å². The second-order valence-electron chi connectivity index (χ2n) is 6.26. The van der Waals surface area contributed by atoms with E-state index in [0.29, 0.717) is 35.3 Å². The highest BCUT2D eigenvalue weighted by atomic mass is 16.5. The number of aliphatic hydroxyl groups excluding tert-OH is 1. The molecule has 0 spiro atoms. The van der Waals surface area contributed by atoms with E-state index >= 15 is 0 Å². The third-order valence-electron chi connectivity index (χ3n) is 4.72. The number of hydrogen-bond donors (Lipinski definition) is 3. The molecule has 0 saturated heterocycles. The van der Waals surface area contributed by atoms with Crippen LogP contribution < -0.4 is 19.8 Å². The van der Waals surface area contributed by atoms with Crippen LogP contribution in [0.15, 0.2) is 48.8 Å². The third kappa shape index (κ3) is 2.82. The first kappa shape index (κ1) is 17.1. The summed E-state index contributed by atoms with van der Waals surface area (Å²) in [6.45, 7) is 0.271. The molecule has 138 valence electrons. The van der Waals surface area contributed by atoms with E-state index in [2.05, 4.69) is 4.98 Å². The number of nitrogen functional groups attached to an aromatic ring is 1. The van der Waals surface area contributed by atoms with Crippen LogP contribution >= 0.6 is 0 Å². The summed E-state index contributed by atoms with van der Waals surface area (Å²) >= 11 is 0. The zero-order valence-corrected chi connectivity index (χ0v) is 14.8. The summed E-state index contributed by atoms with van der Waals surface area (Å²) in [5.41, 5.74) is 8.90. The smallest absolute Gasteiger partial charge is 0.306 e. The molecule has 2 heterocycles. The molecule has 0 aliphatic carbocycles. The van der Waals surface area contributed by atoms with E-state index in [1.807, 2.05) is 30.3 Å². The van der Waals surface area contributed by atoms with Crippen LogP contribution in [0.4, 0.5) is 5.82 Å². The Kier molecular flexibility index (Phi) is 4.29. The molecule has 0 amide bonds. The Morgan fingerprint density at radius 1 is 1.22 bits per heavy atom. The molecule has 0 unspecified atom stereocenters. The van der Waals surface area contributed by atoms with Crippen molar-refractivity contribution in [2.45, 2.75) is 12.5 Å². The van der Waals surface area contributed by atoms with Crippen LogP contribution in [0.25, 0.3) is 0 Å². The predicted octanol–water partition coefficient (Wildman–Crippen LogP) is 1.94. The Morgan fingerprint density at radius 3 is 2.81 bits per heavy atom. The Morgan fingerprint density at radius 2 is 2.04 bits per heavy atom. The standard InChI is InChI=1S/C20H19N3O4/c1-26-15-5-3-2-4-13(15)17-14-7-6-12(25)10-16(14)27-20-18(17)19(21)23(8-9-24)11-22-20/h2-7,10-11,17,21,24-25H,8-9H2,1H3/p+1/t17-/m1/s1. The number of phenols is 1. The average molecular weight is 366 g/mol. The summed E-state index contributed by atoms with van der Waals surface area (Å²) in [4.78, 5) is 4.39. The number of aromatic hydroxyl groups is 1. The first-order valence-corrected chi connectivity index (χ1v) is 8.56. The fraction of sp³-hybridized carbons (Fsp3) is 0.200. The van der Waals surface area contributed by atoms with Crippen molar-refractivity contribution in [1.29, 1.82) is 0 Å². The van der Waals surface area contributed by atoms with Gasteiger partial charge in [-0.1, -0.05) is 29.2 Å². The summed E-state index contributed by atoms with van der Waals surface area (Å²) in [5.74, 6) is 1.88. The molecule has 2 aromatic carbocycles. The van der Waals surface area contributed by atoms with Crippen molar-refractivity contribution in [2.24, 2.45) is 0 Å². The maximum atomic E-state index is 9.88. The highest BCUT2D eigenvalue weighted by Crippen LogP contribution is 2.50. The first-order valence-electron chi connectivity index (χ1n) is 8.56. The molecule has 7 nitrogen and oxygen atoms in total. The molecular weight excluding hydrogens is 346 g/mol.